The van der Waals surface area contributed by atoms with Crippen LogP contribution in [0.1, 0.15) is 17.0 Å². The van der Waals surface area contributed by atoms with Crippen LogP contribution in [0.3, 0.4) is 0 Å². The molecule has 0 aliphatic carbocycles. The zero-order chi connectivity index (χ0) is 16.7. The number of hydrogen-bond donors (Lipinski definition) is 1. The largest absolute Gasteiger partial charge is 0.508 e. The van der Waals surface area contributed by atoms with Gasteiger partial charge in [-0.15, -0.1) is 0 Å². The molecule has 0 saturated heterocycles. The zero-order valence-corrected chi connectivity index (χ0v) is 13.5. The average Bonchev–Trinajstić information content (AvgIpc) is 3.13. The Morgan fingerprint density at radius 1 is 1.08 bits per heavy atom. The summed E-state index contributed by atoms with van der Waals surface area (Å²) < 4.78 is 3.66. The van der Waals surface area contributed by atoms with Crippen LogP contribution in [0, 0.1) is 6.92 Å². The summed E-state index contributed by atoms with van der Waals surface area (Å²) in [4.78, 5) is 4.60. The predicted octanol–water partition coefficient (Wildman–Crippen LogP) is 2.73. The second kappa shape index (κ2) is 5.49. The van der Waals surface area contributed by atoms with Gasteiger partial charge in [0.2, 0.25) is 0 Å². The summed E-state index contributed by atoms with van der Waals surface area (Å²) in [5.41, 5.74) is 5.77. The monoisotopic (exact) mass is 319 g/mol. The quantitative estimate of drug-likeness (QED) is 0.630. The second-order valence-corrected chi connectivity index (χ2v) is 5.88. The highest BCUT2D eigenvalue weighted by molar-refractivity contribution is 5.59. The van der Waals surface area contributed by atoms with Crippen LogP contribution in [0.2, 0.25) is 0 Å². The number of nitrogens with zero attached hydrogens (tertiary/aromatic N) is 5. The molecule has 0 aliphatic rings. The summed E-state index contributed by atoms with van der Waals surface area (Å²) in [6.07, 6.45) is 4.45. The van der Waals surface area contributed by atoms with E-state index in [0.717, 1.165) is 33.9 Å². The van der Waals surface area contributed by atoms with Crippen molar-refractivity contribution in [1.29, 1.82) is 0 Å². The first kappa shape index (κ1) is 14.4. The van der Waals surface area contributed by atoms with Crippen LogP contribution in [-0.2, 0) is 13.5 Å². The Balaban J connectivity index is 1.79. The first-order chi connectivity index (χ1) is 11.6. The smallest absolute Gasteiger partial charge is 0.154 e. The van der Waals surface area contributed by atoms with E-state index in [9.17, 15) is 5.11 Å². The number of aromatic nitrogens is 5. The van der Waals surface area contributed by atoms with Gasteiger partial charge in [-0.05, 0) is 36.8 Å². The Morgan fingerprint density at radius 2 is 1.88 bits per heavy atom. The molecule has 6 heteroatoms. The highest BCUT2D eigenvalue weighted by atomic mass is 16.3. The molecular formula is C18H17N5O. The maximum atomic E-state index is 9.44. The molecule has 1 N–H and O–H groups in total. The average molecular weight is 319 g/mol. The molecule has 0 fully saturated rings. The SMILES string of the molecule is Cc1nc2ccc(-c3cnn(C)c3)nn2c1Cc1ccc(O)cc1. The van der Waals surface area contributed by atoms with E-state index in [0.29, 0.717) is 6.42 Å². The number of phenols is 1. The molecule has 4 aromatic rings. The summed E-state index contributed by atoms with van der Waals surface area (Å²) in [7, 11) is 1.89. The molecule has 0 aliphatic heterocycles. The Hall–Kier alpha value is -3.15. The fourth-order valence-electron chi connectivity index (χ4n) is 2.81. The van der Waals surface area contributed by atoms with Crippen LogP contribution in [0.25, 0.3) is 16.9 Å². The minimum absolute atomic E-state index is 0.269. The number of aromatic hydroxyl groups is 1. The van der Waals surface area contributed by atoms with Crippen molar-refractivity contribution in [3.63, 3.8) is 0 Å². The highest BCUT2D eigenvalue weighted by Crippen LogP contribution is 2.21. The van der Waals surface area contributed by atoms with Crippen molar-refractivity contribution in [2.45, 2.75) is 13.3 Å². The van der Waals surface area contributed by atoms with Crippen LogP contribution in [0.15, 0.2) is 48.8 Å². The fourth-order valence-corrected chi connectivity index (χ4v) is 2.81. The van der Waals surface area contributed by atoms with Gasteiger partial charge >= 0.3 is 0 Å². The van der Waals surface area contributed by atoms with Crippen LogP contribution in [-0.4, -0.2) is 29.5 Å². The molecular weight excluding hydrogens is 302 g/mol. The van der Waals surface area contributed by atoms with E-state index in [1.807, 2.05) is 48.9 Å². The molecule has 3 heterocycles. The molecule has 24 heavy (non-hydrogen) atoms. The number of phenolic OH excluding ortho intramolecular Hbond substituents is 1. The van der Waals surface area contributed by atoms with Gasteiger partial charge in [-0.3, -0.25) is 4.68 Å². The molecule has 3 aromatic heterocycles. The molecule has 6 nitrogen and oxygen atoms in total. The highest BCUT2D eigenvalue weighted by Gasteiger charge is 2.12. The lowest BCUT2D eigenvalue weighted by Gasteiger charge is -2.05. The lowest BCUT2D eigenvalue weighted by molar-refractivity contribution is 0.475. The van der Waals surface area contributed by atoms with Crippen molar-refractivity contribution in [2.24, 2.45) is 7.05 Å². The summed E-state index contributed by atoms with van der Waals surface area (Å²) in [5, 5.41) is 18.4. The van der Waals surface area contributed by atoms with Crippen molar-refractivity contribution < 1.29 is 5.11 Å². The molecule has 0 amide bonds. The molecule has 4 rings (SSSR count). The third-order valence-electron chi connectivity index (χ3n) is 4.08. The normalized spacial score (nSPS) is 11.2. The number of hydrogen-bond acceptors (Lipinski definition) is 4. The summed E-state index contributed by atoms with van der Waals surface area (Å²) >= 11 is 0. The summed E-state index contributed by atoms with van der Waals surface area (Å²) in [6, 6.07) is 11.2. The van der Waals surface area contributed by atoms with Crippen molar-refractivity contribution in [3.05, 3.63) is 65.7 Å². The molecule has 120 valence electrons. The maximum absolute atomic E-state index is 9.44. The first-order valence-electron chi connectivity index (χ1n) is 7.72. The fraction of sp³-hybridized carbons (Fsp3) is 0.167. The molecule has 0 spiro atoms. The molecule has 0 unspecified atom stereocenters. The molecule has 0 bridgehead atoms. The molecule has 0 radical (unpaired) electrons. The standard InChI is InChI=1S/C18H17N5O/c1-12-17(9-13-3-5-15(24)6-4-13)23-18(20-12)8-7-16(21-23)14-10-19-22(2)11-14/h3-8,10-11,24H,9H2,1-2H3. The van der Waals surface area contributed by atoms with Gasteiger partial charge in [0.05, 0.1) is 23.3 Å². The van der Waals surface area contributed by atoms with Gasteiger partial charge in [-0.2, -0.15) is 10.2 Å². The number of rotatable bonds is 3. The minimum atomic E-state index is 0.269. The van der Waals surface area contributed by atoms with Gasteiger partial charge in [0.25, 0.3) is 0 Å². The molecule has 1 aromatic carbocycles. The Labute approximate surface area is 139 Å². The second-order valence-electron chi connectivity index (χ2n) is 5.88. The lowest BCUT2D eigenvalue weighted by Crippen LogP contribution is -2.01. The number of benzene rings is 1. The lowest BCUT2D eigenvalue weighted by atomic mass is 10.1. The Morgan fingerprint density at radius 3 is 2.58 bits per heavy atom. The van der Waals surface area contributed by atoms with Crippen LogP contribution >= 0.6 is 0 Å². The van der Waals surface area contributed by atoms with E-state index in [4.69, 9.17) is 5.10 Å². The molecule has 0 atom stereocenters. The van der Waals surface area contributed by atoms with Crippen molar-refractivity contribution in [2.75, 3.05) is 0 Å². The topological polar surface area (TPSA) is 68.2 Å². The maximum Gasteiger partial charge on any atom is 0.154 e. The van der Waals surface area contributed by atoms with Gasteiger partial charge in [0.15, 0.2) is 5.65 Å². The number of aryl methyl sites for hydroxylation is 2. The van der Waals surface area contributed by atoms with Gasteiger partial charge in [-0.25, -0.2) is 9.50 Å². The third-order valence-corrected chi connectivity index (χ3v) is 4.08. The van der Waals surface area contributed by atoms with Crippen molar-refractivity contribution in [1.82, 2.24) is 24.4 Å². The van der Waals surface area contributed by atoms with Crippen LogP contribution in [0.5, 0.6) is 5.75 Å². The van der Waals surface area contributed by atoms with E-state index < -0.39 is 0 Å². The molecule has 0 saturated carbocycles. The Kier molecular flexibility index (Phi) is 3.30. The van der Waals surface area contributed by atoms with E-state index in [2.05, 4.69) is 10.1 Å². The number of imidazole rings is 1. The van der Waals surface area contributed by atoms with Gasteiger partial charge < -0.3 is 5.11 Å². The predicted molar refractivity (Wildman–Crippen MR) is 90.8 cm³/mol. The third kappa shape index (κ3) is 2.52. The summed E-state index contributed by atoms with van der Waals surface area (Å²) in [5.74, 6) is 0.269. The van der Waals surface area contributed by atoms with Gasteiger partial charge in [0.1, 0.15) is 5.75 Å². The van der Waals surface area contributed by atoms with Gasteiger partial charge in [-0.1, -0.05) is 12.1 Å². The first-order valence-corrected chi connectivity index (χ1v) is 7.72. The van der Waals surface area contributed by atoms with Crippen LogP contribution in [0.4, 0.5) is 0 Å². The van der Waals surface area contributed by atoms with E-state index in [-0.39, 0.29) is 5.75 Å². The zero-order valence-electron chi connectivity index (χ0n) is 13.5. The Bertz CT molecular complexity index is 1010. The number of fused-ring (bicyclic) bond motifs is 1. The summed E-state index contributed by atoms with van der Waals surface area (Å²) in [6.45, 7) is 1.99. The van der Waals surface area contributed by atoms with Crippen molar-refractivity contribution in [3.8, 4) is 17.0 Å². The van der Waals surface area contributed by atoms with E-state index in [1.165, 1.54) is 0 Å². The van der Waals surface area contributed by atoms with Gasteiger partial charge in [0, 0.05) is 25.2 Å². The minimum Gasteiger partial charge on any atom is -0.508 e. The van der Waals surface area contributed by atoms with E-state index in [1.54, 1.807) is 23.0 Å². The van der Waals surface area contributed by atoms with Crippen molar-refractivity contribution >= 4 is 5.65 Å². The van der Waals surface area contributed by atoms with E-state index >= 15 is 0 Å². The van der Waals surface area contributed by atoms with Crippen LogP contribution < -0.4 is 0 Å².